The number of aliphatic hydroxyl groups is 1. The summed E-state index contributed by atoms with van der Waals surface area (Å²) in [6.45, 7) is 21.5. The molecule has 3 aliphatic rings. The minimum Gasteiger partial charge on any atom is -0.407 e. The van der Waals surface area contributed by atoms with Gasteiger partial charge in [-0.1, -0.05) is 142 Å². The highest BCUT2D eigenvalue weighted by molar-refractivity contribution is 6.99. The van der Waals surface area contributed by atoms with Crippen LogP contribution in [0.5, 0.6) is 0 Å². The van der Waals surface area contributed by atoms with Crippen LogP contribution in [0.3, 0.4) is 0 Å². The van der Waals surface area contributed by atoms with Gasteiger partial charge in [0.15, 0.2) is 0 Å². The highest BCUT2D eigenvalue weighted by atomic mass is 28.4. The van der Waals surface area contributed by atoms with E-state index in [0.717, 1.165) is 25.7 Å². The molecule has 2 aromatic carbocycles. The van der Waals surface area contributed by atoms with Gasteiger partial charge in [0.25, 0.3) is 8.32 Å². The summed E-state index contributed by atoms with van der Waals surface area (Å²) in [4.78, 5) is 12.1. The van der Waals surface area contributed by atoms with Gasteiger partial charge in [0.05, 0.1) is 5.60 Å². The lowest BCUT2D eigenvalue weighted by Crippen LogP contribution is -2.67. The Bertz CT molecular complexity index is 1260. The minimum atomic E-state index is -2.62. The van der Waals surface area contributed by atoms with Crippen molar-refractivity contribution in [2.45, 2.75) is 130 Å². The minimum absolute atomic E-state index is 0.0728. The van der Waals surface area contributed by atoms with Crippen LogP contribution < -0.4 is 10.4 Å². The second kappa shape index (κ2) is 12.7. The van der Waals surface area contributed by atoms with Gasteiger partial charge in [-0.05, 0) is 70.7 Å². The average Bonchev–Trinajstić information content (AvgIpc) is 2.99. The van der Waals surface area contributed by atoms with Crippen LogP contribution in [0.2, 0.25) is 5.04 Å². The molecular weight excluding hydrogens is 573 g/mol. The van der Waals surface area contributed by atoms with E-state index in [1.54, 1.807) is 0 Å². The third kappa shape index (κ3) is 6.17. The first kappa shape index (κ1) is 34.6. The summed E-state index contributed by atoms with van der Waals surface area (Å²) in [5.41, 5.74) is -0.710. The first-order chi connectivity index (χ1) is 21.1. The van der Waals surface area contributed by atoms with Gasteiger partial charge in [-0.3, -0.25) is 0 Å². The smallest absolute Gasteiger partial charge is 0.261 e. The van der Waals surface area contributed by atoms with E-state index in [1.165, 1.54) is 29.6 Å². The van der Waals surface area contributed by atoms with Gasteiger partial charge in [0.2, 0.25) is 0 Å². The summed E-state index contributed by atoms with van der Waals surface area (Å²) in [5.74, 6) is 0.645. The number of benzene rings is 2. The summed E-state index contributed by atoms with van der Waals surface area (Å²) in [5, 5.41) is 15.1. The van der Waals surface area contributed by atoms with E-state index < -0.39 is 13.9 Å². The van der Waals surface area contributed by atoms with Crippen molar-refractivity contribution < 1.29 is 19.3 Å². The Hall–Kier alpha value is -1.76. The molecule has 5 heteroatoms. The van der Waals surface area contributed by atoms with Crippen molar-refractivity contribution in [1.82, 2.24) is 0 Å². The Labute approximate surface area is 275 Å². The molecule has 6 atom stereocenters. The summed E-state index contributed by atoms with van der Waals surface area (Å²) in [6.07, 6.45) is 11.3. The molecule has 2 fully saturated rings. The number of hydrogen-bond acceptors (Lipinski definition) is 4. The Morgan fingerprint density at radius 3 is 2.00 bits per heavy atom. The Morgan fingerprint density at radius 2 is 1.47 bits per heavy atom. The molecule has 0 saturated heterocycles. The monoisotopic (exact) mass is 632 g/mol. The van der Waals surface area contributed by atoms with Crippen molar-refractivity contribution >= 4 is 18.7 Å². The topological polar surface area (TPSA) is 47.9 Å². The zero-order valence-electron chi connectivity index (χ0n) is 29.6. The lowest BCUT2D eigenvalue weighted by atomic mass is 9.41. The molecule has 0 bridgehead atoms. The average molecular weight is 633 g/mol. The van der Waals surface area contributed by atoms with Crippen LogP contribution >= 0.6 is 0 Å². The van der Waals surface area contributed by atoms with Crippen molar-refractivity contribution in [1.29, 1.82) is 0 Å². The van der Waals surface area contributed by atoms with Crippen LogP contribution in [0.1, 0.15) is 107 Å². The van der Waals surface area contributed by atoms with Gasteiger partial charge in [-0.2, -0.15) is 0 Å². The molecule has 5 rings (SSSR count). The van der Waals surface area contributed by atoms with Crippen LogP contribution in [0, 0.1) is 28.1 Å². The molecule has 2 aromatic rings. The zero-order chi connectivity index (χ0) is 32.7. The molecule has 2 aliphatic carbocycles. The van der Waals surface area contributed by atoms with Crippen molar-refractivity contribution in [2.75, 3.05) is 6.61 Å². The van der Waals surface area contributed by atoms with E-state index in [-0.39, 0.29) is 39.4 Å². The van der Waals surface area contributed by atoms with Crippen molar-refractivity contribution in [3.63, 3.8) is 0 Å². The Kier molecular flexibility index (Phi) is 9.75. The summed E-state index contributed by atoms with van der Waals surface area (Å²) in [6, 6.07) is 21.6. The lowest BCUT2D eigenvalue weighted by Gasteiger charge is -2.66. The Morgan fingerprint density at radius 1 is 0.867 bits per heavy atom. The Balaban J connectivity index is 1.28. The summed E-state index contributed by atoms with van der Waals surface area (Å²) in [7, 11) is -2.62. The number of hydrogen-bond donors (Lipinski definition) is 1. The van der Waals surface area contributed by atoms with E-state index in [4.69, 9.17) is 14.2 Å². The van der Waals surface area contributed by atoms with Crippen molar-refractivity contribution in [3.8, 4) is 0 Å². The maximum absolute atomic E-state index is 12.6. The molecule has 2 unspecified atom stereocenters. The van der Waals surface area contributed by atoms with E-state index >= 15 is 0 Å². The molecular formula is C40H60O4Si. The summed E-state index contributed by atoms with van der Waals surface area (Å²) >= 11 is 0. The molecule has 1 N–H and O–H groups in total. The third-order valence-electron chi connectivity index (χ3n) is 12.5. The van der Waals surface area contributed by atoms with Gasteiger partial charge in [-0.25, -0.2) is 9.78 Å². The highest BCUT2D eigenvalue weighted by Gasteiger charge is 2.64. The maximum Gasteiger partial charge on any atom is 0.261 e. The van der Waals surface area contributed by atoms with Crippen LogP contribution in [0.4, 0.5) is 0 Å². The fourth-order valence-electron chi connectivity index (χ4n) is 9.76. The van der Waals surface area contributed by atoms with Crippen molar-refractivity contribution in [2.24, 2.45) is 28.1 Å². The molecule has 1 heterocycles. The van der Waals surface area contributed by atoms with E-state index in [2.05, 4.69) is 135 Å². The van der Waals surface area contributed by atoms with Crippen LogP contribution in [0.15, 0.2) is 72.8 Å². The van der Waals surface area contributed by atoms with Crippen LogP contribution in [0.25, 0.3) is 0 Å². The lowest BCUT2D eigenvalue weighted by molar-refractivity contribution is -0.350. The van der Waals surface area contributed by atoms with E-state index in [0.29, 0.717) is 12.5 Å². The van der Waals surface area contributed by atoms with Gasteiger partial charge in [-0.15, -0.1) is 0 Å². The number of fused-ring (bicyclic) bond motifs is 1. The second-order valence-electron chi connectivity index (χ2n) is 17.2. The predicted molar refractivity (Wildman–Crippen MR) is 188 cm³/mol. The SMILES string of the molecule is C[C@H](CO[Si](c1ccccc1)(c1ccccc1)C(C)(C)C)C1C=CC(CC[C@@]2(O)C(C)(C)CC[C@H]3C(C)(C)CCC[C@@]32C)OO1. The third-order valence-corrected chi connectivity index (χ3v) is 17.5. The van der Waals surface area contributed by atoms with Gasteiger partial charge in [0.1, 0.15) is 12.2 Å². The van der Waals surface area contributed by atoms with Gasteiger partial charge < -0.3 is 9.53 Å². The molecule has 1 aliphatic heterocycles. The van der Waals surface area contributed by atoms with Crippen molar-refractivity contribution in [3.05, 3.63) is 72.8 Å². The van der Waals surface area contributed by atoms with Gasteiger partial charge in [0, 0.05) is 17.9 Å². The maximum atomic E-state index is 12.6. The first-order valence-electron chi connectivity index (χ1n) is 17.6. The highest BCUT2D eigenvalue weighted by Crippen LogP contribution is 2.67. The fourth-order valence-corrected chi connectivity index (χ4v) is 14.4. The standard InChI is InChI=1S/C40H60O4Si/c1-30(29-42-45(36(2,3)4,32-17-12-10-13-18-32)33-19-14-11-15-20-33)34-22-21-31(43-44-34)23-28-40(41)38(7,8)27-24-35-37(5,6)25-16-26-39(35,40)9/h10-15,17-22,30-31,34-35,41H,16,23-29H2,1-9H3/t30-,31?,34?,35+,39+,40-/m1/s1. The van der Waals surface area contributed by atoms with Gasteiger partial charge >= 0.3 is 0 Å². The zero-order valence-corrected chi connectivity index (χ0v) is 30.6. The normalized spacial score (nSPS) is 32.1. The molecule has 0 aromatic heterocycles. The van der Waals surface area contributed by atoms with E-state index in [9.17, 15) is 5.11 Å². The predicted octanol–water partition coefficient (Wildman–Crippen LogP) is 8.62. The van der Waals surface area contributed by atoms with Crippen LogP contribution in [-0.2, 0) is 14.2 Å². The molecule has 4 nitrogen and oxygen atoms in total. The largest absolute Gasteiger partial charge is 0.407 e. The first-order valence-corrected chi connectivity index (χ1v) is 19.5. The summed E-state index contributed by atoms with van der Waals surface area (Å²) < 4.78 is 7.19. The molecule has 0 radical (unpaired) electrons. The van der Waals surface area contributed by atoms with Crippen LogP contribution in [-0.4, -0.2) is 37.8 Å². The molecule has 45 heavy (non-hydrogen) atoms. The second-order valence-corrected chi connectivity index (χ2v) is 21.5. The quantitative estimate of drug-likeness (QED) is 0.171. The molecule has 248 valence electrons. The number of rotatable bonds is 9. The van der Waals surface area contributed by atoms with E-state index in [1.807, 2.05) is 0 Å². The fraction of sp³-hybridized carbons (Fsp3) is 0.650. The molecule has 0 amide bonds. The molecule has 2 saturated carbocycles. The molecule has 0 spiro atoms.